The molecule has 168 valence electrons. The molecular formula is C22H20F2N2O6. The van der Waals surface area contributed by atoms with Gasteiger partial charge in [-0.15, -0.1) is 0 Å². The van der Waals surface area contributed by atoms with Gasteiger partial charge in [0.2, 0.25) is 0 Å². The van der Waals surface area contributed by atoms with Crippen LogP contribution in [0.1, 0.15) is 28.8 Å². The van der Waals surface area contributed by atoms with Crippen molar-refractivity contribution in [3.8, 4) is 11.5 Å². The zero-order valence-corrected chi connectivity index (χ0v) is 17.0. The SMILES string of the molecule is CCc1ccc(OCc2ccc(C(=O)Nc3cc(OCC(F)F)cc([N+](=O)[O-])c3)o2)cc1. The van der Waals surface area contributed by atoms with Crippen LogP contribution in [-0.4, -0.2) is 23.9 Å². The van der Waals surface area contributed by atoms with E-state index in [4.69, 9.17) is 13.9 Å². The molecule has 32 heavy (non-hydrogen) atoms. The number of anilines is 1. The first-order valence-electron chi connectivity index (χ1n) is 9.66. The number of halogens is 2. The maximum atomic E-state index is 12.5. The maximum Gasteiger partial charge on any atom is 0.291 e. The molecule has 0 bridgehead atoms. The van der Waals surface area contributed by atoms with Crippen LogP contribution in [0.5, 0.6) is 11.5 Å². The Morgan fingerprint density at radius 3 is 2.50 bits per heavy atom. The second-order valence-electron chi connectivity index (χ2n) is 6.68. The molecule has 2 aromatic carbocycles. The summed E-state index contributed by atoms with van der Waals surface area (Å²) < 4.78 is 40.7. The molecular weight excluding hydrogens is 426 g/mol. The Labute approximate surface area is 181 Å². The third-order valence-corrected chi connectivity index (χ3v) is 4.33. The van der Waals surface area contributed by atoms with Gasteiger partial charge in [0.1, 0.15) is 30.5 Å². The minimum Gasteiger partial charge on any atom is -0.487 e. The van der Waals surface area contributed by atoms with Crippen LogP contribution in [-0.2, 0) is 13.0 Å². The predicted molar refractivity (Wildman–Crippen MR) is 111 cm³/mol. The summed E-state index contributed by atoms with van der Waals surface area (Å²) in [5, 5.41) is 13.5. The first-order valence-corrected chi connectivity index (χ1v) is 9.66. The number of ether oxygens (including phenoxy) is 2. The number of rotatable bonds is 10. The molecule has 0 saturated heterocycles. The molecule has 0 aliphatic rings. The zero-order valence-electron chi connectivity index (χ0n) is 17.0. The lowest BCUT2D eigenvalue weighted by molar-refractivity contribution is -0.384. The van der Waals surface area contributed by atoms with E-state index in [1.165, 1.54) is 17.7 Å². The number of furan rings is 1. The molecule has 0 saturated carbocycles. The van der Waals surface area contributed by atoms with Crippen LogP contribution in [0.4, 0.5) is 20.2 Å². The minimum absolute atomic E-state index is 0.00122. The molecule has 10 heteroatoms. The Morgan fingerprint density at radius 1 is 1.09 bits per heavy atom. The van der Waals surface area contributed by atoms with Crippen LogP contribution >= 0.6 is 0 Å². The topological polar surface area (TPSA) is 104 Å². The van der Waals surface area contributed by atoms with Crippen LogP contribution < -0.4 is 14.8 Å². The van der Waals surface area contributed by atoms with E-state index >= 15 is 0 Å². The van der Waals surface area contributed by atoms with Crippen molar-refractivity contribution in [2.45, 2.75) is 26.4 Å². The largest absolute Gasteiger partial charge is 0.487 e. The van der Waals surface area contributed by atoms with Gasteiger partial charge >= 0.3 is 0 Å². The van der Waals surface area contributed by atoms with E-state index in [1.807, 2.05) is 24.3 Å². The third kappa shape index (κ3) is 6.27. The number of benzene rings is 2. The standard InChI is InChI=1S/C22H20F2N2O6/c1-2-14-3-5-17(6-4-14)30-12-18-7-8-20(32-18)22(27)25-15-9-16(26(28)29)11-19(10-15)31-13-21(23)24/h3-11,21H,2,12-13H2,1H3,(H,25,27). The quantitative estimate of drug-likeness (QED) is 0.338. The number of non-ortho nitro benzene ring substituents is 1. The van der Waals surface area contributed by atoms with E-state index in [9.17, 15) is 23.7 Å². The molecule has 1 N–H and O–H groups in total. The van der Waals surface area contributed by atoms with Gasteiger partial charge < -0.3 is 19.2 Å². The lowest BCUT2D eigenvalue weighted by Crippen LogP contribution is -2.12. The van der Waals surface area contributed by atoms with Crippen LogP contribution in [0.3, 0.4) is 0 Å². The van der Waals surface area contributed by atoms with E-state index < -0.39 is 29.6 Å². The summed E-state index contributed by atoms with van der Waals surface area (Å²) in [6, 6.07) is 13.9. The lowest BCUT2D eigenvalue weighted by Gasteiger charge is -2.09. The van der Waals surface area contributed by atoms with Crippen LogP contribution in [0.25, 0.3) is 0 Å². The van der Waals surface area contributed by atoms with Crippen molar-refractivity contribution in [2.75, 3.05) is 11.9 Å². The van der Waals surface area contributed by atoms with Crippen molar-refractivity contribution in [3.63, 3.8) is 0 Å². The number of hydrogen-bond donors (Lipinski definition) is 1. The number of aryl methyl sites for hydroxylation is 1. The molecule has 0 aliphatic carbocycles. The zero-order chi connectivity index (χ0) is 23.1. The highest BCUT2D eigenvalue weighted by Crippen LogP contribution is 2.27. The Hall–Kier alpha value is -3.95. The van der Waals surface area contributed by atoms with Gasteiger partial charge in [-0.2, -0.15) is 0 Å². The Kier molecular flexibility index (Phi) is 7.37. The van der Waals surface area contributed by atoms with Crippen molar-refractivity contribution in [1.29, 1.82) is 0 Å². The number of carbonyl (C=O) groups is 1. The first kappa shape index (κ1) is 22.7. The van der Waals surface area contributed by atoms with Gasteiger partial charge in [0.05, 0.1) is 16.7 Å². The van der Waals surface area contributed by atoms with Gasteiger partial charge in [0, 0.05) is 12.1 Å². The Morgan fingerprint density at radius 2 is 1.84 bits per heavy atom. The Balaban J connectivity index is 1.65. The van der Waals surface area contributed by atoms with E-state index in [1.54, 1.807) is 6.07 Å². The summed E-state index contributed by atoms with van der Waals surface area (Å²) in [5.41, 5.74) is 0.756. The molecule has 0 aliphatic heterocycles. The van der Waals surface area contributed by atoms with Crippen LogP contribution in [0, 0.1) is 10.1 Å². The molecule has 1 heterocycles. The summed E-state index contributed by atoms with van der Waals surface area (Å²) in [6.45, 7) is 1.22. The number of alkyl halides is 2. The molecule has 3 aromatic rings. The number of hydrogen-bond acceptors (Lipinski definition) is 6. The average molecular weight is 446 g/mol. The highest BCUT2D eigenvalue weighted by Gasteiger charge is 2.16. The number of amides is 1. The van der Waals surface area contributed by atoms with Gasteiger partial charge in [-0.05, 0) is 36.2 Å². The molecule has 1 aromatic heterocycles. The van der Waals surface area contributed by atoms with E-state index in [0.717, 1.165) is 18.6 Å². The number of nitro benzene ring substituents is 1. The number of nitrogens with one attached hydrogen (secondary N) is 1. The predicted octanol–water partition coefficient (Wildman–Crippen LogP) is 5.23. The molecule has 0 radical (unpaired) electrons. The van der Waals surface area contributed by atoms with Gasteiger partial charge in [0.25, 0.3) is 18.0 Å². The molecule has 8 nitrogen and oxygen atoms in total. The van der Waals surface area contributed by atoms with Gasteiger partial charge in [-0.3, -0.25) is 14.9 Å². The number of nitrogens with zero attached hydrogens (tertiary/aromatic N) is 1. The van der Waals surface area contributed by atoms with E-state index in [0.29, 0.717) is 11.5 Å². The molecule has 3 rings (SSSR count). The molecule has 1 amide bonds. The maximum absolute atomic E-state index is 12.5. The summed E-state index contributed by atoms with van der Waals surface area (Å²) in [7, 11) is 0. The monoisotopic (exact) mass is 446 g/mol. The van der Waals surface area contributed by atoms with Crippen molar-refractivity contribution < 1.29 is 32.4 Å². The van der Waals surface area contributed by atoms with Gasteiger partial charge in [0.15, 0.2) is 5.76 Å². The van der Waals surface area contributed by atoms with Crippen molar-refractivity contribution >= 4 is 17.3 Å². The molecule has 0 atom stereocenters. The molecule has 0 spiro atoms. The highest BCUT2D eigenvalue weighted by atomic mass is 19.3. The van der Waals surface area contributed by atoms with Crippen LogP contribution in [0.15, 0.2) is 59.0 Å². The van der Waals surface area contributed by atoms with E-state index in [2.05, 4.69) is 12.2 Å². The third-order valence-electron chi connectivity index (χ3n) is 4.33. The highest BCUT2D eigenvalue weighted by molar-refractivity contribution is 6.02. The Bertz CT molecular complexity index is 1080. The van der Waals surface area contributed by atoms with E-state index in [-0.39, 0.29) is 23.8 Å². The van der Waals surface area contributed by atoms with Gasteiger partial charge in [-0.1, -0.05) is 19.1 Å². The average Bonchev–Trinajstić information content (AvgIpc) is 3.26. The van der Waals surface area contributed by atoms with Crippen molar-refractivity contribution in [1.82, 2.24) is 0 Å². The van der Waals surface area contributed by atoms with Crippen LogP contribution in [0.2, 0.25) is 0 Å². The number of carbonyl (C=O) groups excluding carboxylic acids is 1. The second kappa shape index (κ2) is 10.4. The summed E-state index contributed by atoms with van der Waals surface area (Å²) in [6.07, 6.45) is -1.83. The first-order chi connectivity index (χ1) is 15.3. The fraction of sp³-hybridized carbons (Fsp3) is 0.227. The summed E-state index contributed by atoms with van der Waals surface area (Å²) in [5.74, 6) is 0.153. The normalized spacial score (nSPS) is 10.8. The smallest absolute Gasteiger partial charge is 0.291 e. The van der Waals surface area contributed by atoms with Crippen molar-refractivity contribution in [2.24, 2.45) is 0 Å². The summed E-state index contributed by atoms with van der Waals surface area (Å²) in [4.78, 5) is 22.8. The number of nitro groups is 1. The molecule has 0 unspecified atom stereocenters. The van der Waals surface area contributed by atoms with Gasteiger partial charge in [-0.25, -0.2) is 8.78 Å². The fourth-order valence-electron chi connectivity index (χ4n) is 2.75. The summed E-state index contributed by atoms with van der Waals surface area (Å²) >= 11 is 0. The second-order valence-corrected chi connectivity index (χ2v) is 6.68. The van der Waals surface area contributed by atoms with Crippen molar-refractivity contribution in [3.05, 3.63) is 81.8 Å². The molecule has 0 fully saturated rings. The lowest BCUT2D eigenvalue weighted by atomic mass is 10.2. The minimum atomic E-state index is -2.75. The fourth-order valence-corrected chi connectivity index (χ4v) is 2.75.